The van der Waals surface area contributed by atoms with Gasteiger partial charge in [0.15, 0.2) is 0 Å². The Morgan fingerprint density at radius 1 is 1.13 bits per heavy atom. The van der Waals surface area contributed by atoms with Gasteiger partial charge >= 0.3 is 0 Å². The highest BCUT2D eigenvalue weighted by Gasteiger charge is 2.38. The smallest absolute Gasteiger partial charge is 0.123 e. The fourth-order valence-electron chi connectivity index (χ4n) is 2.86. The molecule has 15 heavy (non-hydrogen) atoms. The second-order valence-electron chi connectivity index (χ2n) is 4.74. The van der Waals surface area contributed by atoms with Gasteiger partial charge in [0.1, 0.15) is 17.2 Å². The van der Waals surface area contributed by atoms with Crippen molar-refractivity contribution in [2.75, 3.05) is 0 Å². The molecule has 1 aromatic carbocycles. The van der Waals surface area contributed by atoms with Crippen molar-refractivity contribution in [1.29, 1.82) is 0 Å². The molecule has 0 unspecified atom stereocenters. The number of fused-ring (bicyclic) bond motifs is 1. The monoisotopic (exact) mass is 206 g/mol. The molecule has 2 heteroatoms. The van der Waals surface area contributed by atoms with E-state index in [-0.39, 0.29) is 11.4 Å². The molecule has 0 N–H and O–H groups in total. The minimum atomic E-state index is -0.153. The number of halogens is 1. The van der Waals surface area contributed by atoms with E-state index >= 15 is 0 Å². The fraction of sp³-hybridized carbons (Fsp3) is 0.538. The van der Waals surface area contributed by atoms with Crippen LogP contribution in [0.5, 0.6) is 5.75 Å². The second-order valence-corrected chi connectivity index (χ2v) is 4.74. The molecule has 1 spiro atoms. The molecule has 0 aromatic heterocycles. The highest BCUT2D eigenvalue weighted by molar-refractivity contribution is 5.36. The van der Waals surface area contributed by atoms with Gasteiger partial charge in [-0.1, -0.05) is 0 Å². The quantitative estimate of drug-likeness (QED) is 0.631. The molecule has 0 radical (unpaired) electrons. The Hall–Kier alpha value is -1.05. The minimum Gasteiger partial charge on any atom is -0.487 e. The number of aryl methyl sites for hydroxylation is 1. The Morgan fingerprint density at radius 2 is 1.93 bits per heavy atom. The molecule has 0 amide bonds. The molecule has 2 aliphatic rings. The first-order valence-electron chi connectivity index (χ1n) is 5.75. The van der Waals surface area contributed by atoms with E-state index < -0.39 is 0 Å². The first kappa shape index (κ1) is 9.20. The van der Waals surface area contributed by atoms with Crippen LogP contribution in [-0.2, 0) is 6.42 Å². The summed E-state index contributed by atoms with van der Waals surface area (Å²) < 4.78 is 19.1. The Balaban J connectivity index is 1.93. The normalized spacial score (nSPS) is 22.5. The van der Waals surface area contributed by atoms with Gasteiger partial charge in [0.05, 0.1) is 0 Å². The molecule has 1 saturated carbocycles. The number of hydrogen-bond acceptors (Lipinski definition) is 1. The molecule has 1 aliphatic carbocycles. The van der Waals surface area contributed by atoms with Crippen molar-refractivity contribution in [3.63, 3.8) is 0 Å². The van der Waals surface area contributed by atoms with Crippen LogP contribution in [0.4, 0.5) is 4.39 Å². The number of hydrogen-bond donors (Lipinski definition) is 0. The van der Waals surface area contributed by atoms with Crippen molar-refractivity contribution in [3.05, 3.63) is 29.6 Å². The lowest BCUT2D eigenvalue weighted by molar-refractivity contribution is 0.0531. The molecule has 80 valence electrons. The highest BCUT2D eigenvalue weighted by Crippen LogP contribution is 2.42. The predicted octanol–water partition coefficient (Wildman–Crippen LogP) is 3.46. The first-order valence-corrected chi connectivity index (χ1v) is 5.75. The zero-order valence-electron chi connectivity index (χ0n) is 8.76. The van der Waals surface area contributed by atoms with E-state index in [1.807, 2.05) is 0 Å². The van der Waals surface area contributed by atoms with Gasteiger partial charge < -0.3 is 4.74 Å². The molecule has 1 aliphatic heterocycles. The van der Waals surface area contributed by atoms with Gasteiger partial charge in [0.25, 0.3) is 0 Å². The second kappa shape index (κ2) is 3.22. The SMILES string of the molecule is Fc1ccc2c(c1)CCC1(CCCC1)O2. The topological polar surface area (TPSA) is 9.23 Å². The average Bonchev–Trinajstić information content (AvgIpc) is 2.67. The van der Waals surface area contributed by atoms with Crippen LogP contribution in [0.2, 0.25) is 0 Å². The summed E-state index contributed by atoms with van der Waals surface area (Å²) in [4.78, 5) is 0. The van der Waals surface area contributed by atoms with Gasteiger partial charge in [-0.15, -0.1) is 0 Å². The summed E-state index contributed by atoms with van der Waals surface area (Å²) >= 11 is 0. The van der Waals surface area contributed by atoms with Crippen LogP contribution >= 0.6 is 0 Å². The Bertz CT molecular complexity index is 380. The largest absolute Gasteiger partial charge is 0.487 e. The van der Waals surface area contributed by atoms with Crippen molar-refractivity contribution in [3.8, 4) is 5.75 Å². The summed E-state index contributed by atoms with van der Waals surface area (Å²) in [6, 6.07) is 4.88. The van der Waals surface area contributed by atoms with Crippen molar-refractivity contribution in [2.24, 2.45) is 0 Å². The molecule has 1 fully saturated rings. The first-order chi connectivity index (χ1) is 7.27. The van der Waals surface area contributed by atoms with E-state index in [9.17, 15) is 4.39 Å². The minimum absolute atomic E-state index is 0.0881. The summed E-state index contributed by atoms with van der Waals surface area (Å²) in [5.74, 6) is 0.754. The van der Waals surface area contributed by atoms with Crippen molar-refractivity contribution in [1.82, 2.24) is 0 Å². The van der Waals surface area contributed by atoms with Gasteiger partial charge in [-0.3, -0.25) is 0 Å². The number of benzene rings is 1. The third kappa shape index (κ3) is 1.52. The molecule has 1 nitrogen and oxygen atoms in total. The lowest BCUT2D eigenvalue weighted by Gasteiger charge is -2.35. The Morgan fingerprint density at radius 3 is 2.73 bits per heavy atom. The molecule has 0 bridgehead atoms. The summed E-state index contributed by atoms with van der Waals surface area (Å²) in [6.07, 6.45) is 6.91. The Labute approximate surface area is 89.3 Å². The fourth-order valence-corrected chi connectivity index (χ4v) is 2.86. The third-order valence-electron chi connectivity index (χ3n) is 3.71. The van der Waals surface area contributed by atoms with E-state index in [4.69, 9.17) is 4.74 Å². The van der Waals surface area contributed by atoms with E-state index in [1.54, 1.807) is 12.1 Å². The van der Waals surface area contributed by atoms with Crippen LogP contribution in [0, 0.1) is 5.82 Å². The van der Waals surface area contributed by atoms with E-state index in [0.717, 1.165) is 24.2 Å². The molecule has 1 aromatic rings. The molecular formula is C13H15FO. The van der Waals surface area contributed by atoms with Crippen LogP contribution in [-0.4, -0.2) is 5.60 Å². The molecule has 0 atom stereocenters. The lowest BCUT2D eigenvalue weighted by atomic mass is 9.90. The summed E-state index contributed by atoms with van der Waals surface area (Å²) in [5.41, 5.74) is 1.12. The van der Waals surface area contributed by atoms with E-state index in [1.165, 1.54) is 31.7 Å². The summed E-state index contributed by atoms with van der Waals surface area (Å²) in [5, 5.41) is 0. The van der Waals surface area contributed by atoms with Crippen LogP contribution in [0.25, 0.3) is 0 Å². The van der Waals surface area contributed by atoms with Crippen molar-refractivity contribution < 1.29 is 9.13 Å². The lowest BCUT2D eigenvalue weighted by Crippen LogP contribution is -2.36. The van der Waals surface area contributed by atoms with Gasteiger partial charge in [0, 0.05) is 0 Å². The van der Waals surface area contributed by atoms with Crippen LogP contribution in [0.15, 0.2) is 18.2 Å². The Kier molecular flexibility index (Phi) is 1.98. The maximum Gasteiger partial charge on any atom is 0.123 e. The standard InChI is InChI=1S/C13H15FO/c14-11-3-4-12-10(9-11)5-8-13(15-12)6-1-2-7-13/h3-4,9H,1-2,5-8H2. The van der Waals surface area contributed by atoms with Crippen LogP contribution < -0.4 is 4.74 Å². The van der Waals surface area contributed by atoms with Gasteiger partial charge in [-0.2, -0.15) is 0 Å². The van der Waals surface area contributed by atoms with Crippen molar-refractivity contribution in [2.45, 2.75) is 44.1 Å². The summed E-state index contributed by atoms with van der Waals surface area (Å²) in [7, 11) is 0. The zero-order valence-corrected chi connectivity index (χ0v) is 8.76. The predicted molar refractivity (Wildman–Crippen MR) is 56.5 cm³/mol. The van der Waals surface area contributed by atoms with Crippen molar-refractivity contribution >= 4 is 0 Å². The third-order valence-corrected chi connectivity index (χ3v) is 3.71. The van der Waals surface area contributed by atoms with Crippen LogP contribution in [0.3, 0.4) is 0 Å². The molecular weight excluding hydrogens is 191 g/mol. The summed E-state index contributed by atoms with van der Waals surface area (Å²) in [6.45, 7) is 0. The molecule has 0 saturated heterocycles. The highest BCUT2D eigenvalue weighted by atomic mass is 19.1. The van der Waals surface area contributed by atoms with E-state index in [2.05, 4.69) is 0 Å². The van der Waals surface area contributed by atoms with Crippen LogP contribution in [0.1, 0.15) is 37.7 Å². The maximum absolute atomic E-state index is 13.0. The molecule has 3 rings (SSSR count). The van der Waals surface area contributed by atoms with Gasteiger partial charge in [0.2, 0.25) is 0 Å². The number of rotatable bonds is 0. The van der Waals surface area contributed by atoms with E-state index in [0.29, 0.717) is 0 Å². The van der Waals surface area contributed by atoms with Gasteiger partial charge in [-0.25, -0.2) is 4.39 Å². The number of ether oxygens (including phenoxy) is 1. The maximum atomic E-state index is 13.0. The average molecular weight is 206 g/mol. The zero-order chi connectivity index (χ0) is 10.3. The van der Waals surface area contributed by atoms with Gasteiger partial charge in [-0.05, 0) is 62.3 Å². The molecule has 1 heterocycles.